The van der Waals surface area contributed by atoms with E-state index in [-0.39, 0.29) is 0 Å². The normalized spacial score (nSPS) is 10.9. The number of para-hydroxylation sites is 1. The van der Waals surface area contributed by atoms with Crippen LogP contribution >= 0.6 is 11.3 Å². The molecule has 18 heavy (non-hydrogen) atoms. The highest BCUT2D eigenvalue weighted by Crippen LogP contribution is 2.21. The highest BCUT2D eigenvalue weighted by molar-refractivity contribution is 7.18. The number of aromatic nitrogens is 2. The summed E-state index contributed by atoms with van der Waals surface area (Å²) in [4.78, 5) is 9.89. The Morgan fingerprint density at radius 1 is 1.06 bits per heavy atom. The number of hydrogen-bond acceptors (Lipinski definition) is 4. The minimum absolute atomic E-state index is 0.858. The number of rotatable bonds is 3. The number of pyridine rings is 1. The van der Waals surface area contributed by atoms with Gasteiger partial charge in [-0.3, -0.25) is 0 Å². The predicted octanol–water partition coefficient (Wildman–Crippen LogP) is 3.06. The van der Waals surface area contributed by atoms with Gasteiger partial charge in [0.15, 0.2) is 0 Å². The fourth-order valence-electron chi connectivity index (χ4n) is 1.93. The fraction of sp³-hybridized carbons (Fsp3) is 0.143. The van der Waals surface area contributed by atoms with Crippen LogP contribution in [0, 0.1) is 0 Å². The lowest BCUT2D eigenvalue weighted by Crippen LogP contribution is -1.96. The first-order chi connectivity index (χ1) is 8.83. The van der Waals surface area contributed by atoms with Gasteiger partial charge >= 0.3 is 0 Å². The van der Waals surface area contributed by atoms with E-state index in [2.05, 4.69) is 16.0 Å². The SMILES string of the molecule is Nc1ccccc1CCc1nc2cccnc2s1. The lowest BCUT2D eigenvalue weighted by Gasteiger charge is -2.02. The summed E-state index contributed by atoms with van der Waals surface area (Å²) in [5.74, 6) is 0. The average molecular weight is 255 g/mol. The second-order valence-corrected chi connectivity index (χ2v) is 5.20. The average Bonchev–Trinajstić information content (AvgIpc) is 2.80. The molecule has 0 aliphatic rings. The Labute approximate surface area is 109 Å². The van der Waals surface area contributed by atoms with Gasteiger partial charge in [0, 0.05) is 18.3 Å². The van der Waals surface area contributed by atoms with Crippen LogP contribution in [0.5, 0.6) is 0 Å². The summed E-state index contributed by atoms with van der Waals surface area (Å²) in [6, 6.07) is 11.9. The number of anilines is 1. The number of benzene rings is 1. The van der Waals surface area contributed by atoms with E-state index in [1.54, 1.807) is 17.5 Å². The van der Waals surface area contributed by atoms with Crippen LogP contribution in [0.1, 0.15) is 10.6 Å². The van der Waals surface area contributed by atoms with Crippen LogP contribution < -0.4 is 5.73 Å². The van der Waals surface area contributed by atoms with Crippen molar-refractivity contribution in [3.63, 3.8) is 0 Å². The molecule has 2 heterocycles. The van der Waals surface area contributed by atoms with Gasteiger partial charge in [0.1, 0.15) is 10.3 Å². The molecule has 0 saturated carbocycles. The Kier molecular flexibility index (Phi) is 2.94. The minimum Gasteiger partial charge on any atom is -0.399 e. The topological polar surface area (TPSA) is 51.8 Å². The van der Waals surface area contributed by atoms with Gasteiger partial charge in [0.2, 0.25) is 0 Å². The highest BCUT2D eigenvalue weighted by atomic mass is 32.1. The number of nitrogen functional groups attached to an aromatic ring is 1. The standard InChI is InChI=1S/C14H13N3S/c15-11-5-2-1-4-10(11)7-8-13-17-12-6-3-9-16-14(12)18-13/h1-6,9H,7-8,15H2. The molecule has 3 rings (SSSR count). The third-order valence-corrected chi connectivity index (χ3v) is 3.91. The number of fused-ring (bicyclic) bond motifs is 1. The quantitative estimate of drug-likeness (QED) is 0.732. The summed E-state index contributed by atoms with van der Waals surface area (Å²) in [5, 5.41) is 1.12. The number of aryl methyl sites for hydroxylation is 2. The maximum Gasteiger partial charge on any atom is 0.143 e. The summed E-state index contributed by atoms with van der Waals surface area (Å²) >= 11 is 1.66. The molecule has 4 heteroatoms. The summed E-state index contributed by atoms with van der Waals surface area (Å²) in [6.45, 7) is 0. The third kappa shape index (κ3) is 2.19. The van der Waals surface area contributed by atoms with E-state index in [0.717, 1.165) is 33.9 Å². The van der Waals surface area contributed by atoms with Crippen molar-refractivity contribution >= 4 is 27.4 Å². The molecule has 90 valence electrons. The maximum absolute atomic E-state index is 5.93. The van der Waals surface area contributed by atoms with Crippen molar-refractivity contribution in [1.29, 1.82) is 0 Å². The molecule has 0 atom stereocenters. The molecule has 0 bridgehead atoms. The minimum atomic E-state index is 0.858. The second kappa shape index (κ2) is 4.74. The first kappa shape index (κ1) is 11.2. The van der Waals surface area contributed by atoms with E-state index >= 15 is 0 Å². The van der Waals surface area contributed by atoms with Gasteiger partial charge in [-0.25, -0.2) is 9.97 Å². The van der Waals surface area contributed by atoms with Crippen molar-refractivity contribution < 1.29 is 0 Å². The molecule has 0 aliphatic carbocycles. The Morgan fingerprint density at radius 3 is 2.78 bits per heavy atom. The van der Waals surface area contributed by atoms with Crippen molar-refractivity contribution in [3.8, 4) is 0 Å². The van der Waals surface area contributed by atoms with Crippen LogP contribution in [-0.2, 0) is 12.8 Å². The molecule has 0 spiro atoms. The molecule has 0 aliphatic heterocycles. The predicted molar refractivity (Wildman–Crippen MR) is 75.7 cm³/mol. The monoisotopic (exact) mass is 255 g/mol. The van der Waals surface area contributed by atoms with Crippen LogP contribution in [0.15, 0.2) is 42.6 Å². The van der Waals surface area contributed by atoms with Gasteiger partial charge in [-0.05, 0) is 30.2 Å². The van der Waals surface area contributed by atoms with Crippen LogP contribution in [0.4, 0.5) is 5.69 Å². The Bertz CT molecular complexity index is 642. The van der Waals surface area contributed by atoms with Crippen molar-refractivity contribution in [3.05, 3.63) is 53.2 Å². The number of nitrogens with two attached hydrogens (primary N) is 1. The van der Waals surface area contributed by atoms with Crippen molar-refractivity contribution in [2.75, 3.05) is 5.73 Å². The van der Waals surface area contributed by atoms with Crippen LogP contribution in [0.25, 0.3) is 10.3 Å². The summed E-state index contributed by atoms with van der Waals surface area (Å²) in [5.41, 5.74) is 8.96. The molecular weight excluding hydrogens is 242 g/mol. The molecule has 3 nitrogen and oxygen atoms in total. The van der Waals surface area contributed by atoms with Crippen molar-refractivity contribution in [1.82, 2.24) is 9.97 Å². The summed E-state index contributed by atoms with van der Waals surface area (Å²) < 4.78 is 0. The van der Waals surface area contributed by atoms with Crippen LogP contribution in [0.2, 0.25) is 0 Å². The van der Waals surface area contributed by atoms with E-state index in [0.29, 0.717) is 0 Å². The lowest BCUT2D eigenvalue weighted by molar-refractivity contribution is 0.951. The number of nitrogens with zero attached hydrogens (tertiary/aromatic N) is 2. The largest absolute Gasteiger partial charge is 0.399 e. The summed E-state index contributed by atoms with van der Waals surface area (Å²) in [7, 11) is 0. The lowest BCUT2D eigenvalue weighted by atomic mass is 10.1. The zero-order chi connectivity index (χ0) is 12.4. The molecule has 0 fully saturated rings. The van der Waals surface area contributed by atoms with Crippen LogP contribution in [-0.4, -0.2) is 9.97 Å². The maximum atomic E-state index is 5.93. The van der Waals surface area contributed by atoms with E-state index < -0.39 is 0 Å². The zero-order valence-electron chi connectivity index (χ0n) is 9.84. The highest BCUT2D eigenvalue weighted by Gasteiger charge is 2.05. The Balaban J connectivity index is 1.79. The number of thiazole rings is 1. The molecule has 2 aromatic heterocycles. The van der Waals surface area contributed by atoms with Gasteiger partial charge in [-0.2, -0.15) is 0 Å². The van der Waals surface area contributed by atoms with Gasteiger partial charge in [-0.15, -0.1) is 0 Å². The number of hydrogen-bond donors (Lipinski definition) is 1. The molecule has 0 amide bonds. The second-order valence-electron chi connectivity index (χ2n) is 4.13. The fourth-order valence-corrected chi connectivity index (χ4v) is 2.83. The molecule has 0 saturated heterocycles. The molecule has 3 aromatic rings. The van der Waals surface area contributed by atoms with Crippen molar-refractivity contribution in [2.24, 2.45) is 0 Å². The van der Waals surface area contributed by atoms with Gasteiger partial charge < -0.3 is 5.73 Å². The molecule has 1 aromatic carbocycles. The van der Waals surface area contributed by atoms with Gasteiger partial charge in [0.05, 0.1) is 5.01 Å². The van der Waals surface area contributed by atoms with Gasteiger partial charge in [0.25, 0.3) is 0 Å². The van der Waals surface area contributed by atoms with E-state index in [9.17, 15) is 0 Å². The van der Waals surface area contributed by atoms with Gasteiger partial charge in [-0.1, -0.05) is 29.5 Å². The Hall–Kier alpha value is -1.94. The molecule has 0 radical (unpaired) electrons. The summed E-state index contributed by atoms with van der Waals surface area (Å²) in [6.07, 6.45) is 3.64. The first-order valence-electron chi connectivity index (χ1n) is 5.87. The molecule has 2 N–H and O–H groups in total. The van der Waals surface area contributed by atoms with E-state index in [1.807, 2.05) is 30.3 Å². The van der Waals surface area contributed by atoms with E-state index in [4.69, 9.17) is 5.73 Å². The Morgan fingerprint density at radius 2 is 1.94 bits per heavy atom. The zero-order valence-corrected chi connectivity index (χ0v) is 10.7. The molecule has 0 unspecified atom stereocenters. The molecular formula is C14H13N3S. The van der Waals surface area contributed by atoms with E-state index in [1.165, 1.54) is 5.56 Å². The smallest absolute Gasteiger partial charge is 0.143 e. The third-order valence-electron chi connectivity index (χ3n) is 2.87. The first-order valence-corrected chi connectivity index (χ1v) is 6.68. The van der Waals surface area contributed by atoms with Crippen molar-refractivity contribution in [2.45, 2.75) is 12.8 Å². The van der Waals surface area contributed by atoms with Crippen LogP contribution in [0.3, 0.4) is 0 Å².